The predicted octanol–water partition coefficient (Wildman–Crippen LogP) is 3.57. The van der Waals surface area contributed by atoms with Crippen molar-refractivity contribution in [2.75, 3.05) is 6.61 Å². The second kappa shape index (κ2) is 6.08. The van der Waals surface area contributed by atoms with Gasteiger partial charge >= 0.3 is 5.97 Å². The number of carbonyl (C=O) groups is 2. The zero-order chi connectivity index (χ0) is 16.4. The minimum Gasteiger partial charge on any atom is -0.507 e. The van der Waals surface area contributed by atoms with Crippen LogP contribution in [0.15, 0.2) is 54.1 Å². The van der Waals surface area contributed by atoms with Gasteiger partial charge in [-0.1, -0.05) is 42.5 Å². The number of aliphatic hydroxyl groups excluding tert-OH is 1. The average molecular weight is 308 g/mol. The molecule has 1 aliphatic rings. The lowest BCUT2D eigenvalue weighted by molar-refractivity contribution is 0.0525. The number of allylic oxidation sites excluding steroid dienone is 1. The van der Waals surface area contributed by atoms with Crippen LogP contribution in [-0.4, -0.2) is 23.5 Å². The maximum Gasteiger partial charge on any atom is 0.338 e. The summed E-state index contributed by atoms with van der Waals surface area (Å²) in [7, 11) is 0. The number of aliphatic hydroxyl groups is 1. The van der Waals surface area contributed by atoms with Crippen molar-refractivity contribution in [3.8, 4) is 0 Å². The van der Waals surface area contributed by atoms with Crippen LogP contribution in [0, 0.1) is 0 Å². The maximum atomic E-state index is 12.5. The smallest absolute Gasteiger partial charge is 0.338 e. The highest BCUT2D eigenvalue weighted by Gasteiger charge is 2.29. The van der Waals surface area contributed by atoms with Crippen molar-refractivity contribution in [1.82, 2.24) is 0 Å². The van der Waals surface area contributed by atoms with E-state index in [0.29, 0.717) is 23.1 Å². The highest BCUT2D eigenvalue weighted by molar-refractivity contribution is 6.17. The second-order valence-electron chi connectivity index (χ2n) is 5.26. The molecule has 0 saturated carbocycles. The fourth-order valence-corrected chi connectivity index (χ4v) is 2.76. The van der Waals surface area contributed by atoms with Gasteiger partial charge in [-0.15, -0.1) is 0 Å². The third kappa shape index (κ3) is 2.63. The molecule has 0 radical (unpaired) electrons. The molecule has 0 spiro atoms. The number of hydrogen-bond acceptors (Lipinski definition) is 4. The zero-order valence-corrected chi connectivity index (χ0v) is 12.7. The van der Waals surface area contributed by atoms with E-state index in [9.17, 15) is 14.7 Å². The van der Waals surface area contributed by atoms with E-state index in [1.165, 1.54) is 0 Å². The number of Topliss-reactive ketones (excluding diaryl/α,β-unsaturated/α-hetero) is 1. The van der Waals surface area contributed by atoms with Crippen molar-refractivity contribution >= 4 is 17.5 Å². The van der Waals surface area contributed by atoms with E-state index in [0.717, 1.165) is 5.56 Å². The highest BCUT2D eigenvalue weighted by Crippen LogP contribution is 2.32. The van der Waals surface area contributed by atoms with Crippen molar-refractivity contribution in [3.63, 3.8) is 0 Å². The zero-order valence-electron chi connectivity index (χ0n) is 12.7. The summed E-state index contributed by atoms with van der Waals surface area (Å²) in [6, 6.07) is 13.9. The van der Waals surface area contributed by atoms with Gasteiger partial charge in [0.1, 0.15) is 5.76 Å². The molecule has 0 unspecified atom stereocenters. The van der Waals surface area contributed by atoms with Crippen LogP contribution in [-0.2, 0) is 11.2 Å². The van der Waals surface area contributed by atoms with Crippen molar-refractivity contribution in [2.24, 2.45) is 0 Å². The van der Waals surface area contributed by atoms with E-state index < -0.39 is 5.97 Å². The Morgan fingerprint density at radius 1 is 1.09 bits per heavy atom. The number of ether oxygens (including phenoxy) is 1. The van der Waals surface area contributed by atoms with Crippen LogP contribution < -0.4 is 0 Å². The minimum absolute atomic E-state index is 0.158. The molecule has 4 heteroatoms. The van der Waals surface area contributed by atoms with Gasteiger partial charge in [0, 0.05) is 23.1 Å². The number of rotatable bonds is 3. The molecule has 0 aromatic heterocycles. The molecular formula is C19H16O4. The number of fused-ring (bicyclic) bond motifs is 1. The Hall–Kier alpha value is -2.88. The molecule has 1 aliphatic carbocycles. The lowest BCUT2D eigenvalue weighted by atomic mass is 10.0. The van der Waals surface area contributed by atoms with Gasteiger partial charge in [-0.25, -0.2) is 4.79 Å². The number of ketones is 1. The van der Waals surface area contributed by atoms with Crippen molar-refractivity contribution in [1.29, 1.82) is 0 Å². The van der Waals surface area contributed by atoms with E-state index in [1.807, 2.05) is 12.1 Å². The summed E-state index contributed by atoms with van der Waals surface area (Å²) in [4.78, 5) is 24.5. The SMILES string of the molecule is CCOC(=O)c1ccccc1/C(O)=C1/Cc2ccccc2C1=O. The Labute approximate surface area is 134 Å². The first-order valence-corrected chi connectivity index (χ1v) is 7.44. The summed E-state index contributed by atoms with van der Waals surface area (Å²) in [5, 5.41) is 10.6. The number of carbonyl (C=O) groups excluding carboxylic acids is 2. The Bertz CT molecular complexity index is 818. The molecule has 2 aromatic rings. The first-order chi connectivity index (χ1) is 11.1. The Morgan fingerprint density at radius 3 is 2.43 bits per heavy atom. The molecule has 0 saturated heterocycles. The van der Waals surface area contributed by atoms with Crippen molar-refractivity contribution in [3.05, 3.63) is 76.4 Å². The van der Waals surface area contributed by atoms with Gasteiger partial charge in [0.2, 0.25) is 0 Å². The molecule has 3 rings (SSSR count). The summed E-state index contributed by atoms with van der Waals surface area (Å²) in [5.41, 5.74) is 2.36. The average Bonchev–Trinajstić information content (AvgIpc) is 2.92. The van der Waals surface area contributed by atoms with Gasteiger partial charge in [0.15, 0.2) is 5.78 Å². The molecular weight excluding hydrogens is 292 g/mol. The van der Waals surface area contributed by atoms with Crippen LogP contribution in [0.3, 0.4) is 0 Å². The third-order valence-electron chi connectivity index (χ3n) is 3.87. The molecule has 1 N–H and O–H groups in total. The molecule has 4 nitrogen and oxygen atoms in total. The second-order valence-corrected chi connectivity index (χ2v) is 5.26. The summed E-state index contributed by atoms with van der Waals surface area (Å²) in [6.07, 6.45) is 0.359. The summed E-state index contributed by atoms with van der Waals surface area (Å²) in [5.74, 6) is -0.871. The summed E-state index contributed by atoms with van der Waals surface area (Å²) < 4.78 is 5.01. The lowest BCUT2D eigenvalue weighted by Crippen LogP contribution is -2.09. The summed E-state index contributed by atoms with van der Waals surface area (Å²) in [6.45, 7) is 1.96. The Kier molecular flexibility index (Phi) is 3.98. The molecule has 0 atom stereocenters. The van der Waals surface area contributed by atoms with Gasteiger partial charge < -0.3 is 9.84 Å². The van der Waals surface area contributed by atoms with Crippen LogP contribution in [0.2, 0.25) is 0 Å². The minimum atomic E-state index is -0.516. The highest BCUT2D eigenvalue weighted by atomic mass is 16.5. The number of hydrogen-bond donors (Lipinski definition) is 1. The normalized spacial score (nSPS) is 15.3. The van der Waals surface area contributed by atoms with Gasteiger partial charge in [-0.3, -0.25) is 4.79 Å². The topological polar surface area (TPSA) is 63.6 Å². The predicted molar refractivity (Wildman–Crippen MR) is 86.4 cm³/mol. The van der Waals surface area contributed by atoms with Crippen molar-refractivity contribution in [2.45, 2.75) is 13.3 Å². The molecule has 116 valence electrons. The van der Waals surface area contributed by atoms with E-state index >= 15 is 0 Å². The lowest BCUT2D eigenvalue weighted by Gasteiger charge is -2.09. The molecule has 0 bridgehead atoms. The van der Waals surface area contributed by atoms with Gasteiger partial charge in [-0.05, 0) is 18.6 Å². The molecule has 0 aliphatic heterocycles. The fourth-order valence-electron chi connectivity index (χ4n) is 2.76. The van der Waals surface area contributed by atoms with Crippen LogP contribution in [0.5, 0.6) is 0 Å². The Balaban J connectivity index is 2.07. The van der Waals surface area contributed by atoms with E-state index in [-0.39, 0.29) is 23.7 Å². The molecule has 2 aromatic carbocycles. The van der Waals surface area contributed by atoms with Gasteiger partial charge in [0.25, 0.3) is 0 Å². The molecule has 0 heterocycles. The van der Waals surface area contributed by atoms with Crippen molar-refractivity contribution < 1.29 is 19.4 Å². The third-order valence-corrected chi connectivity index (χ3v) is 3.87. The first-order valence-electron chi connectivity index (χ1n) is 7.44. The molecule has 0 fully saturated rings. The maximum absolute atomic E-state index is 12.5. The van der Waals surface area contributed by atoms with Crippen LogP contribution in [0.25, 0.3) is 5.76 Å². The monoisotopic (exact) mass is 308 g/mol. The number of benzene rings is 2. The number of esters is 1. The van der Waals surface area contributed by atoms with E-state index in [2.05, 4.69) is 0 Å². The van der Waals surface area contributed by atoms with E-state index in [4.69, 9.17) is 4.74 Å². The van der Waals surface area contributed by atoms with Crippen LogP contribution >= 0.6 is 0 Å². The van der Waals surface area contributed by atoms with Crippen LogP contribution in [0.4, 0.5) is 0 Å². The Morgan fingerprint density at radius 2 is 1.74 bits per heavy atom. The standard InChI is InChI=1S/C19H16O4/c1-2-23-19(22)15-10-6-5-9-14(15)18(21)16-11-12-7-3-4-8-13(12)17(16)20/h3-10,21H,2,11H2,1H3/b18-16+. The molecule has 23 heavy (non-hydrogen) atoms. The van der Waals surface area contributed by atoms with Gasteiger partial charge in [-0.2, -0.15) is 0 Å². The fraction of sp³-hybridized carbons (Fsp3) is 0.158. The van der Waals surface area contributed by atoms with E-state index in [1.54, 1.807) is 43.3 Å². The van der Waals surface area contributed by atoms with Crippen LogP contribution in [0.1, 0.15) is 38.8 Å². The molecule has 0 amide bonds. The summed E-state index contributed by atoms with van der Waals surface area (Å²) >= 11 is 0. The largest absolute Gasteiger partial charge is 0.507 e. The quantitative estimate of drug-likeness (QED) is 0.535. The van der Waals surface area contributed by atoms with Gasteiger partial charge in [0.05, 0.1) is 12.2 Å². The first kappa shape index (κ1) is 15.0.